The quantitative estimate of drug-likeness (QED) is 0.547. The fraction of sp³-hybridized carbons (Fsp3) is 0.722. The molecule has 23 heavy (non-hydrogen) atoms. The molecule has 0 atom stereocenters. The first-order chi connectivity index (χ1) is 11.2. The standard InChI is InChI=1S/C13H27.C5H3N4.Sn/c1-4-7-10-13(11-8-5-2)12-9-6-3;1-4-5(8-2-6-1)9-3-7-4;/h4-12H2,1-3H3;1,3H,(H,6,7,8,9);. The van der Waals surface area contributed by atoms with E-state index in [1.165, 1.54) is 57.8 Å². The molecule has 5 heteroatoms. The second kappa shape index (κ2) is 9.60. The van der Waals surface area contributed by atoms with Crippen molar-refractivity contribution in [3.8, 4) is 0 Å². The van der Waals surface area contributed by atoms with Crippen LogP contribution < -0.4 is 3.84 Å². The van der Waals surface area contributed by atoms with E-state index in [0.717, 1.165) is 15.0 Å². The van der Waals surface area contributed by atoms with Crippen LogP contribution >= 0.6 is 0 Å². The summed E-state index contributed by atoms with van der Waals surface area (Å²) in [7, 11) is 0. The molecule has 0 spiro atoms. The second-order valence-electron chi connectivity index (χ2n) is 6.55. The normalized spacial score (nSPS) is 12.1. The van der Waals surface area contributed by atoms with Crippen LogP contribution in [-0.2, 0) is 0 Å². The summed E-state index contributed by atoms with van der Waals surface area (Å²) < 4.78 is 1.67. The number of nitrogens with zero attached hydrogens (tertiary/aromatic N) is 3. The topological polar surface area (TPSA) is 54.5 Å². The van der Waals surface area contributed by atoms with Gasteiger partial charge in [0.1, 0.15) is 0 Å². The van der Waals surface area contributed by atoms with Crippen LogP contribution in [0.2, 0.25) is 3.43 Å². The Kier molecular flexibility index (Phi) is 7.80. The summed E-state index contributed by atoms with van der Waals surface area (Å²) in [6.07, 6.45) is 15.7. The summed E-state index contributed by atoms with van der Waals surface area (Å²) in [5, 5.41) is 0. The van der Waals surface area contributed by atoms with Crippen molar-refractivity contribution in [3.63, 3.8) is 0 Å². The van der Waals surface area contributed by atoms with Crippen molar-refractivity contribution in [2.75, 3.05) is 0 Å². The van der Waals surface area contributed by atoms with E-state index < -0.39 is 21.1 Å². The molecule has 0 aliphatic rings. The molecular formula is C18H30N4Sn. The van der Waals surface area contributed by atoms with E-state index in [4.69, 9.17) is 4.98 Å². The van der Waals surface area contributed by atoms with E-state index in [-0.39, 0.29) is 0 Å². The van der Waals surface area contributed by atoms with Crippen LogP contribution in [-0.4, -0.2) is 41.1 Å². The maximum atomic E-state index is 4.77. The molecule has 0 fully saturated rings. The fourth-order valence-electron chi connectivity index (χ4n) is 3.14. The van der Waals surface area contributed by atoms with Crippen LogP contribution in [0.3, 0.4) is 0 Å². The minimum absolute atomic E-state index is 0.537. The SMILES string of the molecule is CCCC[C](CCCC)(CCCC)[Sn][c]1ncc2[nH]cnc2n1. The van der Waals surface area contributed by atoms with E-state index in [1.54, 1.807) is 6.33 Å². The van der Waals surface area contributed by atoms with Crippen LogP contribution in [0.5, 0.6) is 0 Å². The molecule has 0 aliphatic carbocycles. The Morgan fingerprint density at radius 2 is 1.57 bits per heavy atom. The Balaban J connectivity index is 2.21. The summed E-state index contributed by atoms with van der Waals surface area (Å²) >= 11 is -0.845. The van der Waals surface area contributed by atoms with Gasteiger partial charge in [0, 0.05) is 0 Å². The summed E-state index contributed by atoms with van der Waals surface area (Å²) in [6, 6.07) is 0. The summed E-state index contributed by atoms with van der Waals surface area (Å²) in [4.78, 5) is 16.9. The molecule has 2 heterocycles. The Morgan fingerprint density at radius 3 is 2.13 bits per heavy atom. The minimum atomic E-state index is -0.845. The van der Waals surface area contributed by atoms with E-state index in [0.29, 0.717) is 3.43 Å². The molecular weight excluding hydrogens is 391 g/mol. The Bertz CT molecular complexity index is 559. The molecule has 2 rings (SSSR count). The number of fused-ring (bicyclic) bond motifs is 1. The molecule has 126 valence electrons. The van der Waals surface area contributed by atoms with Gasteiger partial charge in [0.2, 0.25) is 0 Å². The van der Waals surface area contributed by atoms with E-state index in [9.17, 15) is 0 Å². The van der Waals surface area contributed by atoms with Gasteiger partial charge in [0.25, 0.3) is 0 Å². The predicted molar refractivity (Wildman–Crippen MR) is 98.3 cm³/mol. The van der Waals surface area contributed by atoms with Crippen LogP contribution in [0.4, 0.5) is 0 Å². The van der Waals surface area contributed by atoms with Crippen molar-refractivity contribution in [2.45, 2.75) is 82.0 Å². The molecule has 0 aromatic carbocycles. The zero-order valence-corrected chi connectivity index (χ0v) is 17.7. The maximum absolute atomic E-state index is 4.77. The predicted octanol–water partition coefficient (Wildman–Crippen LogP) is 4.41. The van der Waals surface area contributed by atoms with Gasteiger partial charge < -0.3 is 0 Å². The third kappa shape index (κ3) is 5.43. The number of H-pyrrole nitrogens is 1. The molecule has 0 saturated heterocycles. The van der Waals surface area contributed by atoms with Crippen molar-refractivity contribution in [1.82, 2.24) is 19.9 Å². The molecule has 2 aromatic heterocycles. The van der Waals surface area contributed by atoms with Crippen molar-refractivity contribution in [2.24, 2.45) is 0 Å². The van der Waals surface area contributed by atoms with Crippen molar-refractivity contribution in [3.05, 3.63) is 12.5 Å². The number of unbranched alkanes of at least 4 members (excludes halogenated alkanes) is 3. The zero-order chi connectivity index (χ0) is 16.5. The van der Waals surface area contributed by atoms with Crippen LogP contribution in [0.1, 0.15) is 78.6 Å². The van der Waals surface area contributed by atoms with E-state index in [1.807, 2.05) is 6.20 Å². The number of hydrogen-bond acceptors (Lipinski definition) is 3. The van der Waals surface area contributed by atoms with Gasteiger partial charge in [-0.05, 0) is 0 Å². The first kappa shape index (κ1) is 18.7. The van der Waals surface area contributed by atoms with Gasteiger partial charge in [-0.3, -0.25) is 0 Å². The Labute approximate surface area is 150 Å². The van der Waals surface area contributed by atoms with Gasteiger partial charge in [0.05, 0.1) is 0 Å². The van der Waals surface area contributed by atoms with Crippen LogP contribution in [0.25, 0.3) is 11.2 Å². The van der Waals surface area contributed by atoms with Crippen LogP contribution in [0, 0.1) is 0 Å². The van der Waals surface area contributed by atoms with Gasteiger partial charge in [-0.1, -0.05) is 0 Å². The van der Waals surface area contributed by atoms with E-state index >= 15 is 0 Å². The number of aromatic nitrogens is 4. The van der Waals surface area contributed by atoms with Crippen molar-refractivity contribution < 1.29 is 0 Å². The molecule has 1 N–H and O–H groups in total. The monoisotopic (exact) mass is 422 g/mol. The molecule has 0 bridgehead atoms. The third-order valence-electron chi connectivity index (χ3n) is 4.58. The number of nitrogens with one attached hydrogen (secondary N) is 1. The van der Waals surface area contributed by atoms with Gasteiger partial charge in [-0.25, -0.2) is 0 Å². The molecule has 0 unspecified atom stereocenters. The van der Waals surface area contributed by atoms with Gasteiger partial charge >= 0.3 is 151 Å². The molecule has 0 saturated carbocycles. The molecule has 2 radical (unpaired) electrons. The molecule has 4 nitrogen and oxygen atoms in total. The Hall–Kier alpha value is -0.651. The zero-order valence-electron chi connectivity index (χ0n) is 14.9. The number of imidazole rings is 1. The molecule has 2 aromatic rings. The van der Waals surface area contributed by atoms with Gasteiger partial charge in [0.15, 0.2) is 0 Å². The number of hydrogen-bond donors (Lipinski definition) is 1. The Morgan fingerprint density at radius 1 is 0.957 bits per heavy atom. The summed E-state index contributed by atoms with van der Waals surface area (Å²) in [5.74, 6) is 0. The number of aromatic amines is 1. The van der Waals surface area contributed by atoms with E-state index in [2.05, 4.69) is 35.7 Å². The van der Waals surface area contributed by atoms with Gasteiger partial charge in [-0.2, -0.15) is 0 Å². The van der Waals surface area contributed by atoms with Gasteiger partial charge in [-0.15, -0.1) is 0 Å². The third-order valence-corrected chi connectivity index (χ3v) is 9.56. The first-order valence-electron chi connectivity index (χ1n) is 9.17. The van der Waals surface area contributed by atoms with Crippen LogP contribution in [0.15, 0.2) is 12.5 Å². The second-order valence-corrected chi connectivity index (χ2v) is 11.6. The average Bonchev–Trinajstić information content (AvgIpc) is 3.03. The molecule has 0 aliphatic heterocycles. The summed E-state index contributed by atoms with van der Waals surface area (Å²) in [6.45, 7) is 6.92. The summed E-state index contributed by atoms with van der Waals surface area (Å²) in [5.41, 5.74) is 1.79. The van der Waals surface area contributed by atoms with Crippen molar-refractivity contribution in [1.29, 1.82) is 0 Å². The molecule has 0 amide bonds. The average molecular weight is 421 g/mol. The van der Waals surface area contributed by atoms with Crippen molar-refractivity contribution >= 4 is 36.1 Å². The fourth-order valence-corrected chi connectivity index (χ4v) is 7.91. The number of rotatable bonds is 11. The first-order valence-corrected chi connectivity index (χ1v) is 12.0.